The number of tetrazole rings is 1. The molecule has 16 heteroatoms. The summed E-state index contributed by atoms with van der Waals surface area (Å²) in [7, 11) is 1.39. The van der Waals surface area contributed by atoms with Crippen LogP contribution in [0.2, 0.25) is 0 Å². The zero-order valence-corrected chi connectivity index (χ0v) is 24.0. The summed E-state index contributed by atoms with van der Waals surface area (Å²) in [5, 5.41) is 11.6. The van der Waals surface area contributed by atoms with E-state index in [2.05, 4.69) is 15.4 Å². The Morgan fingerprint density at radius 2 is 1.45 bits per heavy atom. The van der Waals surface area contributed by atoms with E-state index >= 15 is 0 Å². The maximum Gasteiger partial charge on any atom is 0.416 e. The summed E-state index contributed by atoms with van der Waals surface area (Å²) in [6.07, 6.45) is -10.5. The number of halogens is 10. The summed E-state index contributed by atoms with van der Waals surface area (Å²) in [6, 6.07) is 4.53. The van der Waals surface area contributed by atoms with E-state index < -0.39 is 60.8 Å². The molecule has 1 unspecified atom stereocenters. The number of likely N-dealkylation sites (tertiary alicyclic amines) is 1. The van der Waals surface area contributed by atoms with Crippen LogP contribution in [0.15, 0.2) is 36.4 Å². The van der Waals surface area contributed by atoms with Crippen molar-refractivity contribution in [2.24, 2.45) is 7.05 Å². The van der Waals surface area contributed by atoms with E-state index in [0.717, 1.165) is 4.80 Å². The van der Waals surface area contributed by atoms with Crippen molar-refractivity contribution in [3.63, 3.8) is 0 Å². The van der Waals surface area contributed by atoms with Gasteiger partial charge in [0.05, 0.1) is 18.2 Å². The maximum atomic E-state index is 14.5. The third-order valence-corrected chi connectivity index (χ3v) is 7.53. The number of benzene rings is 2. The molecule has 0 saturated carbocycles. The fourth-order valence-corrected chi connectivity index (χ4v) is 5.31. The molecule has 3 aromatic rings. The van der Waals surface area contributed by atoms with Crippen LogP contribution < -0.4 is 4.90 Å². The lowest BCUT2D eigenvalue weighted by Crippen LogP contribution is -2.41. The predicted molar refractivity (Wildman–Crippen MR) is 140 cm³/mol. The van der Waals surface area contributed by atoms with Crippen molar-refractivity contribution in [2.75, 3.05) is 18.0 Å². The molecule has 0 amide bonds. The second-order valence-corrected chi connectivity index (χ2v) is 11.0. The first-order valence-electron chi connectivity index (χ1n) is 13.7. The molecule has 6 nitrogen and oxygen atoms in total. The van der Waals surface area contributed by atoms with Gasteiger partial charge in [-0.25, -0.2) is 17.6 Å². The molecule has 242 valence electrons. The summed E-state index contributed by atoms with van der Waals surface area (Å²) in [5.41, 5.74) is -3.06. The van der Waals surface area contributed by atoms with Crippen LogP contribution in [0.4, 0.5) is 49.9 Å². The Balaban J connectivity index is 1.80. The van der Waals surface area contributed by atoms with E-state index in [1.807, 2.05) is 4.90 Å². The second kappa shape index (κ2) is 12.2. The fourth-order valence-electron chi connectivity index (χ4n) is 5.31. The van der Waals surface area contributed by atoms with Crippen LogP contribution in [-0.4, -0.2) is 44.1 Å². The summed E-state index contributed by atoms with van der Waals surface area (Å²) in [4.78, 5) is 4.07. The molecule has 1 aliphatic rings. The molecule has 1 aliphatic heterocycles. The summed E-state index contributed by atoms with van der Waals surface area (Å²) >= 11 is 0. The molecule has 0 aliphatic carbocycles. The lowest BCUT2D eigenvalue weighted by molar-refractivity contribution is -0.143. The summed E-state index contributed by atoms with van der Waals surface area (Å²) in [5.74, 6) is -6.30. The first-order chi connectivity index (χ1) is 20.3. The van der Waals surface area contributed by atoms with E-state index in [1.54, 1.807) is 6.92 Å². The van der Waals surface area contributed by atoms with E-state index in [-0.39, 0.29) is 48.3 Å². The van der Waals surface area contributed by atoms with Gasteiger partial charge in [-0.15, -0.1) is 5.10 Å². The van der Waals surface area contributed by atoms with Crippen molar-refractivity contribution in [3.8, 4) is 0 Å². The van der Waals surface area contributed by atoms with E-state index in [4.69, 9.17) is 0 Å². The van der Waals surface area contributed by atoms with Crippen LogP contribution in [0.1, 0.15) is 72.5 Å². The topological polar surface area (TPSA) is 50.1 Å². The first-order valence-corrected chi connectivity index (χ1v) is 13.7. The average molecular weight is 641 g/mol. The molecule has 2 heterocycles. The molecular weight excluding hydrogens is 610 g/mol. The van der Waals surface area contributed by atoms with Crippen molar-refractivity contribution in [3.05, 3.63) is 69.8 Å². The van der Waals surface area contributed by atoms with Gasteiger partial charge in [0, 0.05) is 57.5 Å². The standard InChI is InChI=1S/C28H30F10N6/c1-4-23(43-9-7-26(31,32)8-10-43)22-6-5-19(25(2,29)30)13-18(22)16-44(24-39-41-42(3)40-24)15-17-11-20(27(33,34)35)14-21(12-17)28(36,37)38/h5-6,11-14,23H,4,7-10,15-16H2,1-3H3. The Bertz CT molecular complexity index is 1400. The van der Waals surface area contributed by atoms with Gasteiger partial charge in [-0.1, -0.05) is 24.2 Å². The van der Waals surface area contributed by atoms with Crippen LogP contribution >= 0.6 is 0 Å². The highest BCUT2D eigenvalue weighted by Gasteiger charge is 2.39. The highest BCUT2D eigenvalue weighted by molar-refractivity contribution is 5.42. The molecule has 2 aromatic carbocycles. The van der Waals surface area contributed by atoms with Gasteiger partial charge in [0.1, 0.15) is 0 Å². The van der Waals surface area contributed by atoms with Crippen molar-refractivity contribution in [2.45, 2.75) is 76.4 Å². The average Bonchev–Trinajstić information content (AvgIpc) is 3.34. The Morgan fingerprint density at radius 3 is 1.93 bits per heavy atom. The third-order valence-electron chi connectivity index (χ3n) is 7.53. The molecule has 1 saturated heterocycles. The predicted octanol–water partition coefficient (Wildman–Crippen LogP) is 7.75. The quantitative estimate of drug-likeness (QED) is 0.224. The summed E-state index contributed by atoms with van der Waals surface area (Å²) in [6.45, 7) is 1.67. The highest BCUT2D eigenvalue weighted by atomic mass is 19.4. The lowest BCUT2D eigenvalue weighted by atomic mass is 9.91. The van der Waals surface area contributed by atoms with Gasteiger partial charge in [0.15, 0.2) is 0 Å². The number of hydrogen-bond donors (Lipinski definition) is 0. The number of rotatable bonds is 9. The van der Waals surface area contributed by atoms with Crippen LogP contribution in [0, 0.1) is 0 Å². The lowest BCUT2D eigenvalue weighted by Gasteiger charge is -2.38. The van der Waals surface area contributed by atoms with E-state index in [9.17, 15) is 43.9 Å². The Kier molecular flexibility index (Phi) is 9.25. The molecular formula is C28H30F10N6. The molecule has 44 heavy (non-hydrogen) atoms. The van der Waals surface area contributed by atoms with Crippen molar-refractivity contribution in [1.82, 2.24) is 25.1 Å². The maximum absolute atomic E-state index is 14.5. The molecule has 4 rings (SSSR count). The minimum absolute atomic E-state index is 0.00725. The van der Waals surface area contributed by atoms with Gasteiger partial charge >= 0.3 is 12.4 Å². The van der Waals surface area contributed by atoms with Gasteiger partial charge in [0.2, 0.25) is 0 Å². The SMILES string of the molecule is CCC(c1ccc(C(C)(F)F)cc1CN(Cc1cc(C(F)(F)F)cc(C(F)(F)F)c1)c1nnn(C)n1)N1CCC(F)(F)CC1. The molecule has 0 bridgehead atoms. The Labute approximate surface area is 246 Å². The van der Waals surface area contributed by atoms with Crippen LogP contribution in [0.5, 0.6) is 0 Å². The highest BCUT2D eigenvalue weighted by Crippen LogP contribution is 2.39. The third kappa shape index (κ3) is 7.99. The number of nitrogens with zero attached hydrogens (tertiary/aromatic N) is 6. The second-order valence-electron chi connectivity index (χ2n) is 11.0. The molecule has 1 atom stereocenters. The van der Waals surface area contributed by atoms with Gasteiger partial charge in [-0.3, -0.25) is 4.90 Å². The van der Waals surface area contributed by atoms with Crippen LogP contribution in [0.25, 0.3) is 0 Å². The zero-order valence-electron chi connectivity index (χ0n) is 24.0. The summed E-state index contributed by atoms with van der Waals surface area (Å²) < 4.78 is 138. The minimum Gasteiger partial charge on any atom is -0.330 e. The smallest absolute Gasteiger partial charge is 0.330 e. The molecule has 1 aromatic heterocycles. The Morgan fingerprint density at radius 1 is 0.864 bits per heavy atom. The number of alkyl halides is 10. The number of aryl methyl sites for hydroxylation is 1. The van der Waals surface area contributed by atoms with E-state index in [0.29, 0.717) is 31.0 Å². The monoisotopic (exact) mass is 640 g/mol. The molecule has 0 spiro atoms. The van der Waals surface area contributed by atoms with Crippen molar-refractivity contribution < 1.29 is 43.9 Å². The fraction of sp³-hybridized carbons (Fsp3) is 0.536. The molecule has 0 N–H and O–H groups in total. The zero-order chi connectivity index (χ0) is 32.7. The Hall–Kier alpha value is -3.43. The van der Waals surface area contributed by atoms with E-state index in [1.165, 1.54) is 30.1 Å². The number of anilines is 1. The number of piperidine rings is 1. The van der Waals surface area contributed by atoms with Crippen LogP contribution in [0.3, 0.4) is 0 Å². The van der Waals surface area contributed by atoms with Gasteiger partial charge in [0.25, 0.3) is 17.8 Å². The van der Waals surface area contributed by atoms with Gasteiger partial charge in [-0.05, 0) is 52.6 Å². The first kappa shape index (κ1) is 33.5. The van der Waals surface area contributed by atoms with Crippen LogP contribution in [-0.2, 0) is 38.4 Å². The van der Waals surface area contributed by atoms with Crippen molar-refractivity contribution >= 4 is 5.95 Å². The van der Waals surface area contributed by atoms with Gasteiger partial charge in [-0.2, -0.15) is 31.1 Å². The number of hydrogen-bond acceptors (Lipinski definition) is 5. The normalized spacial score (nSPS) is 17.1. The molecule has 1 fully saturated rings. The van der Waals surface area contributed by atoms with Gasteiger partial charge < -0.3 is 4.90 Å². The minimum atomic E-state index is -5.08. The molecule has 0 radical (unpaired) electrons. The van der Waals surface area contributed by atoms with Crippen molar-refractivity contribution in [1.29, 1.82) is 0 Å². The largest absolute Gasteiger partial charge is 0.416 e. The number of aromatic nitrogens is 4.